The lowest BCUT2D eigenvalue weighted by atomic mass is 9.32. The summed E-state index contributed by atoms with van der Waals surface area (Å²) < 4.78 is 54.0. The van der Waals surface area contributed by atoms with Gasteiger partial charge in [-0.2, -0.15) is 0 Å². The zero-order valence-electron chi connectivity index (χ0n) is 34.2. The van der Waals surface area contributed by atoms with Gasteiger partial charge in [0.25, 0.3) is 0 Å². The number of halogens is 3. The average Bonchev–Trinajstić information content (AvgIpc) is 3.47. The third-order valence-electron chi connectivity index (χ3n) is 16.1. The monoisotopic (exact) mass is 805 g/mol. The molecule has 7 aliphatic rings. The third-order valence-corrected chi connectivity index (χ3v) is 16.1. The van der Waals surface area contributed by atoms with Crippen LogP contribution in [0.15, 0.2) is 66.3 Å². The molecule has 0 saturated heterocycles. The molecule has 11 heteroatoms. The van der Waals surface area contributed by atoms with Gasteiger partial charge in [0.2, 0.25) is 5.91 Å². The molecule has 0 aliphatic heterocycles. The molecule has 9 rings (SSSR count). The number of amides is 1. The molecule has 58 heavy (non-hydrogen) atoms. The van der Waals surface area contributed by atoms with Crippen LogP contribution in [0.4, 0.5) is 13.2 Å². The van der Waals surface area contributed by atoms with E-state index in [1.807, 2.05) is 0 Å². The second-order valence-corrected chi connectivity index (χ2v) is 18.8. The van der Waals surface area contributed by atoms with Crippen molar-refractivity contribution in [1.29, 1.82) is 0 Å². The fourth-order valence-corrected chi connectivity index (χ4v) is 13.0. The molecule has 4 saturated carbocycles. The van der Waals surface area contributed by atoms with Crippen molar-refractivity contribution in [3.8, 4) is 17.2 Å². The predicted molar refractivity (Wildman–Crippen MR) is 212 cm³/mol. The van der Waals surface area contributed by atoms with E-state index in [1.54, 1.807) is 23.1 Å². The Kier molecular flexibility index (Phi) is 10.4. The van der Waals surface area contributed by atoms with Crippen LogP contribution in [-0.4, -0.2) is 65.6 Å². The molecule has 314 valence electrons. The molecule has 2 spiro atoms. The molecule has 8 unspecified atom stereocenters. The van der Waals surface area contributed by atoms with Gasteiger partial charge in [0.1, 0.15) is 5.75 Å². The van der Waals surface area contributed by atoms with E-state index in [9.17, 15) is 33.0 Å². The third kappa shape index (κ3) is 6.57. The van der Waals surface area contributed by atoms with Crippen LogP contribution >= 0.6 is 0 Å². The Bertz CT molecular complexity index is 1970. The molecule has 0 heterocycles. The van der Waals surface area contributed by atoms with Gasteiger partial charge in [0.05, 0.1) is 38.9 Å². The van der Waals surface area contributed by atoms with Crippen molar-refractivity contribution >= 4 is 11.7 Å². The van der Waals surface area contributed by atoms with E-state index in [4.69, 9.17) is 9.47 Å². The predicted octanol–water partition coefficient (Wildman–Crippen LogP) is 8.91. The number of methoxy groups -OCH3 is 2. The number of aliphatic hydroxyl groups is 2. The second kappa shape index (κ2) is 14.7. The van der Waals surface area contributed by atoms with Crippen LogP contribution < -0.4 is 14.2 Å². The summed E-state index contributed by atoms with van der Waals surface area (Å²) in [5.41, 5.74) is -0.940. The highest BCUT2D eigenvalue weighted by Gasteiger charge is 2.74. The number of benzene rings is 2. The minimum atomic E-state index is -4.84. The highest BCUT2D eigenvalue weighted by molar-refractivity contribution is 6.00. The van der Waals surface area contributed by atoms with Crippen LogP contribution in [0.25, 0.3) is 0 Å². The smallest absolute Gasteiger partial charge is 0.493 e. The van der Waals surface area contributed by atoms with Gasteiger partial charge < -0.3 is 29.3 Å². The highest BCUT2D eigenvalue weighted by Crippen LogP contribution is 2.78. The molecule has 8 atom stereocenters. The van der Waals surface area contributed by atoms with E-state index in [0.717, 1.165) is 56.9 Å². The topological polar surface area (TPSA) is 106 Å². The first kappa shape index (κ1) is 40.9. The quantitative estimate of drug-likeness (QED) is 0.219. The molecule has 0 aromatic heterocycles. The number of ketones is 1. The fourth-order valence-electron chi connectivity index (χ4n) is 13.0. The standard InChI is InChI=1S/C47H58F3NO7/c1-42-19-16-33(52)26-44(42)22-23-46(35(27-44)41(54)32-8-6-5-7-9-32)38(42)17-20-43(2)39(46)18-21-45(43,55)29-51(28-30-10-13-34(14-11-30)58-47(48,49)50)40(53)25-31-12-15-36(56-3)37(24-31)57-4/h10-15,22-24,27,32-33,38-39,52,55H,5-9,16-21,25-26,28-29H2,1-4H3. The number of carbonyl (C=O) groups is 2. The van der Waals surface area contributed by atoms with Gasteiger partial charge in [-0.05, 0) is 110 Å². The molecule has 2 aromatic carbocycles. The summed E-state index contributed by atoms with van der Waals surface area (Å²) in [6.07, 6.45) is 11.5. The van der Waals surface area contributed by atoms with Gasteiger partial charge in [-0.15, -0.1) is 13.2 Å². The van der Waals surface area contributed by atoms with Crippen LogP contribution in [0.3, 0.4) is 0 Å². The first-order valence-corrected chi connectivity index (χ1v) is 21.2. The van der Waals surface area contributed by atoms with Crippen LogP contribution in [0.5, 0.6) is 17.2 Å². The van der Waals surface area contributed by atoms with Gasteiger partial charge in [0.15, 0.2) is 17.3 Å². The Balaban J connectivity index is 1.15. The van der Waals surface area contributed by atoms with Gasteiger partial charge in [-0.3, -0.25) is 9.59 Å². The normalized spacial score (nSPS) is 35.3. The van der Waals surface area contributed by atoms with Crippen LogP contribution in [0.1, 0.15) is 102 Å². The Morgan fingerprint density at radius 1 is 0.828 bits per heavy atom. The SMILES string of the molecule is COc1ccc(CC(=O)N(Cc2ccc(OC(F)(F)F)cc2)CC2(O)CCC3C45C=CC6(C=C4C(=O)C4CCCCC4)CC(O)CCC6(C)C5CCC32C)cc1OC. The molecule has 1 amide bonds. The summed E-state index contributed by atoms with van der Waals surface area (Å²) in [7, 11) is 3.06. The Morgan fingerprint density at radius 3 is 2.17 bits per heavy atom. The summed E-state index contributed by atoms with van der Waals surface area (Å²) in [6.45, 7) is 4.61. The zero-order valence-corrected chi connectivity index (χ0v) is 34.2. The summed E-state index contributed by atoms with van der Waals surface area (Å²) >= 11 is 0. The highest BCUT2D eigenvalue weighted by atomic mass is 19.4. The van der Waals surface area contributed by atoms with Gasteiger partial charge in [-0.25, -0.2) is 0 Å². The van der Waals surface area contributed by atoms with Crippen LogP contribution in [-0.2, 0) is 22.6 Å². The summed E-state index contributed by atoms with van der Waals surface area (Å²) in [5, 5.41) is 24.3. The van der Waals surface area contributed by atoms with Crippen molar-refractivity contribution in [2.24, 2.45) is 39.4 Å². The van der Waals surface area contributed by atoms with E-state index < -0.39 is 34.3 Å². The molecule has 0 radical (unpaired) electrons. The number of hydrogen-bond acceptors (Lipinski definition) is 7. The molecule has 2 bridgehead atoms. The maximum atomic E-state index is 15.0. The maximum Gasteiger partial charge on any atom is 0.573 e. The molecule has 2 N–H and O–H groups in total. The molecular weight excluding hydrogens is 748 g/mol. The van der Waals surface area contributed by atoms with E-state index in [-0.39, 0.29) is 60.1 Å². The summed E-state index contributed by atoms with van der Waals surface area (Å²) in [6, 6.07) is 10.8. The Hall–Kier alpha value is -3.83. The van der Waals surface area contributed by atoms with Crippen molar-refractivity contribution < 1.29 is 47.2 Å². The number of fused-ring (bicyclic) bond motifs is 1. The zero-order chi connectivity index (χ0) is 41.3. The van der Waals surface area contributed by atoms with Crippen molar-refractivity contribution in [3.05, 3.63) is 77.4 Å². The number of nitrogens with zero attached hydrogens (tertiary/aromatic N) is 1. The van der Waals surface area contributed by atoms with E-state index in [2.05, 4.69) is 36.8 Å². The first-order valence-electron chi connectivity index (χ1n) is 21.2. The van der Waals surface area contributed by atoms with Crippen LogP contribution in [0, 0.1) is 39.4 Å². The average molecular weight is 806 g/mol. The van der Waals surface area contributed by atoms with Crippen molar-refractivity contribution in [3.63, 3.8) is 0 Å². The number of hydrogen-bond donors (Lipinski definition) is 2. The van der Waals surface area contributed by atoms with Crippen molar-refractivity contribution in [2.75, 3.05) is 20.8 Å². The number of Topliss-reactive ketones (excluding diaryl/α,β-unsaturated/α-hetero) is 1. The fraction of sp³-hybridized carbons (Fsp3) is 0.617. The summed E-state index contributed by atoms with van der Waals surface area (Å²) in [5.74, 6) is 0.723. The van der Waals surface area contributed by atoms with E-state index >= 15 is 0 Å². The molecular formula is C47H58F3NO7. The number of alkyl halides is 3. The largest absolute Gasteiger partial charge is 0.573 e. The van der Waals surface area contributed by atoms with Crippen LogP contribution in [0.2, 0.25) is 0 Å². The van der Waals surface area contributed by atoms with Crippen molar-refractivity contribution in [1.82, 2.24) is 4.90 Å². The minimum absolute atomic E-state index is 0.00431. The number of aliphatic hydroxyl groups excluding tert-OH is 1. The van der Waals surface area contributed by atoms with Crippen molar-refractivity contribution in [2.45, 2.75) is 122 Å². The molecule has 7 aliphatic carbocycles. The lowest BCUT2D eigenvalue weighted by molar-refractivity contribution is -0.274. The van der Waals surface area contributed by atoms with Gasteiger partial charge in [0, 0.05) is 34.3 Å². The minimum Gasteiger partial charge on any atom is -0.493 e. The second-order valence-electron chi connectivity index (χ2n) is 18.8. The van der Waals surface area contributed by atoms with Gasteiger partial charge >= 0.3 is 6.36 Å². The maximum absolute atomic E-state index is 15.0. The molecule has 4 fully saturated rings. The number of rotatable bonds is 11. The first-order chi connectivity index (χ1) is 27.5. The van der Waals surface area contributed by atoms with Gasteiger partial charge in [-0.1, -0.05) is 69.5 Å². The number of allylic oxidation sites excluding steroid dienone is 4. The number of carbonyl (C=O) groups excluding carboxylic acids is 2. The lowest BCUT2D eigenvalue weighted by Gasteiger charge is -2.71. The molecule has 8 nitrogen and oxygen atoms in total. The number of ether oxygens (including phenoxy) is 3. The Labute approximate surface area is 339 Å². The lowest BCUT2D eigenvalue weighted by Crippen LogP contribution is -2.67. The van der Waals surface area contributed by atoms with E-state index in [0.29, 0.717) is 48.3 Å². The summed E-state index contributed by atoms with van der Waals surface area (Å²) in [4.78, 5) is 31.1. The molecule has 2 aromatic rings. The Morgan fingerprint density at radius 2 is 1.48 bits per heavy atom. The van der Waals surface area contributed by atoms with E-state index in [1.165, 1.54) is 38.5 Å².